The summed E-state index contributed by atoms with van der Waals surface area (Å²) < 4.78 is 6.33. The number of carbonyl (C=O) groups excluding carboxylic acids is 1. The minimum atomic E-state index is -0.0873. The molecule has 2 aliphatic rings. The molecule has 1 spiro atoms. The van der Waals surface area contributed by atoms with Gasteiger partial charge in [0.1, 0.15) is 11.4 Å². The number of fused-ring (bicyclic) bond motifs is 1. The SMILES string of the molecule is CC(=O)NC1CC2(CCCC2)Oc2ccc(C(C)N)cc21. The maximum absolute atomic E-state index is 11.6. The van der Waals surface area contributed by atoms with E-state index in [2.05, 4.69) is 11.4 Å². The molecule has 1 aliphatic heterocycles. The zero-order valence-corrected chi connectivity index (χ0v) is 12.8. The van der Waals surface area contributed by atoms with E-state index in [0.717, 1.165) is 36.1 Å². The van der Waals surface area contributed by atoms with E-state index >= 15 is 0 Å². The Morgan fingerprint density at radius 3 is 2.76 bits per heavy atom. The smallest absolute Gasteiger partial charge is 0.217 e. The fourth-order valence-electron chi connectivity index (χ4n) is 3.67. The Balaban J connectivity index is 1.98. The molecule has 1 aliphatic carbocycles. The lowest BCUT2D eigenvalue weighted by atomic mass is 9.85. The van der Waals surface area contributed by atoms with Crippen LogP contribution in [0.15, 0.2) is 18.2 Å². The zero-order valence-electron chi connectivity index (χ0n) is 12.8. The van der Waals surface area contributed by atoms with Gasteiger partial charge in [0.2, 0.25) is 5.91 Å². The third kappa shape index (κ3) is 2.77. The lowest BCUT2D eigenvalue weighted by Crippen LogP contribution is -2.43. The van der Waals surface area contributed by atoms with Gasteiger partial charge in [-0.1, -0.05) is 6.07 Å². The number of rotatable bonds is 2. The number of amides is 1. The fourth-order valence-corrected chi connectivity index (χ4v) is 3.67. The normalized spacial score (nSPS) is 24.2. The first-order chi connectivity index (χ1) is 9.99. The standard InChI is InChI=1S/C17H24N2O2/c1-11(18)13-5-6-16-14(9-13)15(19-12(2)20)10-17(21-16)7-3-4-8-17/h5-6,9,11,15H,3-4,7-8,10,18H2,1-2H3,(H,19,20). The Labute approximate surface area is 126 Å². The number of benzene rings is 1. The Hall–Kier alpha value is -1.55. The summed E-state index contributed by atoms with van der Waals surface area (Å²) in [6.07, 6.45) is 5.44. The van der Waals surface area contributed by atoms with Crippen LogP contribution in [0.2, 0.25) is 0 Å². The average molecular weight is 288 g/mol. The molecule has 2 unspecified atom stereocenters. The molecular formula is C17H24N2O2. The van der Waals surface area contributed by atoms with Gasteiger partial charge in [-0.2, -0.15) is 0 Å². The lowest BCUT2D eigenvalue weighted by molar-refractivity contribution is -0.120. The van der Waals surface area contributed by atoms with Crippen LogP contribution in [-0.4, -0.2) is 11.5 Å². The minimum absolute atomic E-state index is 0.00666. The van der Waals surface area contributed by atoms with E-state index in [-0.39, 0.29) is 23.6 Å². The number of ether oxygens (including phenoxy) is 1. The van der Waals surface area contributed by atoms with E-state index in [1.54, 1.807) is 6.92 Å². The molecule has 1 fully saturated rings. The monoisotopic (exact) mass is 288 g/mol. The Kier molecular flexibility index (Phi) is 3.66. The van der Waals surface area contributed by atoms with Crippen LogP contribution in [0.4, 0.5) is 0 Å². The molecule has 3 rings (SSSR count). The topological polar surface area (TPSA) is 64.3 Å². The highest BCUT2D eigenvalue weighted by molar-refractivity contribution is 5.73. The van der Waals surface area contributed by atoms with E-state index < -0.39 is 0 Å². The Bertz CT molecular complexity index is 548. The van der Waals surface area contributed by atoms with Crippen LogP contribution in [0.3, 0.4) is 0 Å². The first kappa shape index (κ1) is 14.4. The molecule has 3 N–H and O–H groups in total. The van der Waals surface area contributed by atoms with Gasteiger partial charge in [0.15, 0.2) is 0 Å². The van der Waals surface area contributed by atoms with Gasteiger partial charge in [0, 0.05) is 24.9 Å². The molecule has 2 atom stereocenters. The number of hydrogen-bond donors (Lipinski definition) is 2. The minimum Gasteiger partial charge on any atom is -0.487 e. The second-order valence-electron chi connectivity index (χ2n) is 6.54. The fraction of sp³-hybridized carbons (Fsp3) is 0.588. The molecule has 1 heterocycles. The van der Waals surface area contributed by atoms with Gasteiger partial charge in [0.25, 0.3) is 0 Å². The van der Waals surface area contributed by atoms with Crippen molar-refractivity contribution < 1.29 is 9.53 Å². The largest absolute Gasteiger partial charge is 0.487 e. The summed E-state index contributed by atoms with van der Waals surface area (Å²) in [6.45, 7) is 3.54. The van der Waals surface area contributed by atoms with Crippen molar-refractivity contribution in [3.05, 3.63) is 29.3 Å². The van der Waals surface area contributed by atoms with Crippen LogP contribution in [0, 0.1) is 0 Å². The van der Waals surface area contributed by atoms with E-state index in [4.69, 9.17) is 10.5 Å². The van der Waals surface area contributed by atoms with Gasteiger partial charge >= 0.3 is 0 Å². The molecule has 0 aromatic heterocycles. The molecular weight excluding hydrogens is 264 g/mol. The average Bonchev–Trinajstić information content (AvgIpc) is 2.85. The summed E-state index contributed by atoms with van der Waals surface area (Å²) >= 11 is 0. The lowest BCUT2D eigenvalue weighted by Gasteiger charge is -2.40. The Morgan fingerprint density at radius 2 is 2.14 bits per heavy atom. The second kappa shape index (κ2) is 5.34. The molecule has 1 aromatic carbocycles. The maximum Gasteiger partial charge on any atom is 0.217 e. The van der Waals surface area contributed by atoms with Crippen LogP contribution in [0.25, 0.3) is 0 Å². The van der Waals surface area contributed by atoms with Crippen LogP contribution in [0.1, 0.15) is 69.2 Å². The Morgan fingerprint density at radius 1 is 1.43 bits per heavy atom. The third-order valence-corrected chi connectivity index (χ3v) is 4.73. The maximum atomic E-state index is 11.6. The summed E-state index contributed by atoms with van der Waals surface area (Å²) in [7, 11) is 0. The van der Waals surface area contributed by atoms with Crippen molar-refractivity contribution in [2.24, 2.45) is 5.73 Å². The molecule has 4 nitrogen and oxygen atoms in total. The summed E-state index contributed by atoms with van der Waals surface area (Å²) in [5, 5.41) is 3.10. The molecule has 1 aromatic rings. The van der Waals surface area contributed by atoms with E-state index in [0.29, 0.717) is 0 Å². The third-order valence-electron chi connectivity index (χ3n) is 4.73. The molecule has 114 valence electrons. The van der Waals surface area contributed by atoms with Crippen molar-refractivity contribution in [1.29, 1.82) is 0 Å². The summed E-state index contributed by atoms with van der Waals surface area (Å²) in [6, 6.07) is 6.14. The van der Waals surface area contributed by atoms with E-state index in [9.17, 15) is 4.79 Å². The summed E-state index contributed by atoms with van der Waals surface area (Å²) in [5.41, 5.74) is 8.04. The van der Waals surface area contributed by atoms with Crippen molar-refractivity contribution in [3.63, 3.8) is 0 Å². The first-order valence-electron chi connectivity index (χ1n) is 7.85. The van der Waals surface area contributed by atoms with Gasteiger partial charge in [-0.3, -0.25) is 4.79 Å². The molecule has 0 radical (unpaired) electrons. The predicted molar refractivity (Wildman–Crippen MR) is 82.0 cm³/mol. The highest BCUT2D eigenvalue weighted by atomic mass is 16.5. The number of nitrogens with one attached hydrogen (secondary N) is 1. The highest BCUT2D eigenvalue weighted by Gasteiger charge is 2.43. The van der Waals surface area contributed by atoms with Crippen molar-refractivity contribution in [2.75, 3.05) is 0 Å². The highest BCUT2D eigenvalue weighted by Crippen LogP contribution is 2.47. The van der Waals surface area contributed by atoms with E-state index in [1.807, 2.05) is 19.1 Å². The van der Waals surface area contributed by atoms with Crippen molar-refractivity contribution >= 4 is 5.91 Å². The number of nitrogens with two attached hydrogens (primary N) is 1. The van der Waals surface area contributed by atoms with Crippen molar-refractivity contribution in [1.82, 2.24) is 5.32 Å². The zero-order chi connectivity index (χ0) is 15.0. The van der Waals surface area contributed by atoms with Crippen molar-refractivity contribution in [3.8, 4) is 5.75 Å². The molecule has 1 amide bonds. The van der Waals surface area contributed by atoms with Crippen LogP contribution in [0.5, 0.6) is 5.75 Å². The summed E-state index contributed by atoms with van der Waals surface area (Å²) in [4.78, 5) is 11.6. The molecule has 21 heavy (non-hydrogen) atoms. The molecule has 0 saturated heterocycles. The first-order valence-corrected chi connectivity index (χ1v) is 7.85. The number of carbonyl (C=O) groups is 1. The van der Waals surface area contributed by atoms with Crippen LogP contribution >= 0.6 is 0 Å². The van der Waals surface area contributed by atoms with Crippen LogP contribution in [-0.2, 0) is 4.79 Å². The van der Waals surface area contributed by atoms with Gasteiger partial charge in [-0.05, 0) is 50.3 Å². The quantitative estimate of drug-likeness (QED) is 0.879. The van der Waals surface area contributed by atoms with Crippen molar-refractivity contribution in [2.45, 2.75) is 63.6 Å². The van der Waals surface area contributed by atoms with Gasteiger partial charge in [0.05, 0.1) is 6.04 Å². The second-order valence-corrected chi connectivity index (χ2v) is 6.54. The predicted octanol–water partition coefficient (Wildman–Crippen LogP) is 2.98. The van der Waals surface area contributed by atoms with Gasteiger partial charge in [-0.15, -0.1) is 0 Å². The summed E-state index contributed by atoms with van der Waals surface area (Å²) in [5.74, 6) is 0.915. The molecule has 0 bridgehead atoms. The van der Waals surface area contributed by atoms with E-state index in [1.165, 1.54) is 12.8 Å². The molecule has 1 saturated carbocycles. The van der Waals surface area contributed by atoms with Gasteiger partial charge < -0.3 is 15.8 Å². The molecule has 4 heteroatoms. The van der Waals surface area contributed by atoms with Gasteiger partial charge in [-0.25, -0.2) is 0 Å². The van der Waals surface area contributed by atoms with Crippen LogP contribution < -0.4 is 15.8 Å². The number of hydrogen-bond acceptors (Lipinski definition) is 3.